The smallest absolute Gasteiger partial charge is 0.0497 e. The Bertz CT molecular complexity index is 1640. The Morgan fingerprint density at radius 2 is 1.21 bits per heavy atom. The highest BCUT2D eigenvalue weighted by Gasteiger charge is 2.20. The van der Waals surface area contributed by atoms with E-state index in [2.05, 4.69) is 140 Å². The molecule has 1 aromatic heterocycles. The van der Waals surface area contributed by atoms with E-state index in [1.807, 2.05) is 0 Å². The summed E-state index contributed by atoms with van der Waals surface area (Å²) in [6.45, 7) is 6.80. The molecule has 6 rings (SSSR count). The van der Waals surface area contributed by atoms with Crippen LogP contribution in [0.15, 0.2) is 109 Å². The van der Waals surface area contributed by atoms with Crippen molar-refractivity contribution in [1.82, 2.24) is 4.57 Å². The number of aromatic nitrogens is 1. The monoisotopic (exact) mass is 440 g/mol. The lowest BCUT2D eigenvalue weighted by molar-refractivity contribution is 0.423. The average Bonchev–Trinajstić information content (AvgIpc) is 3.19. The number of nitrogens with one attached hydrogen (secondary N) is 1. The first-order valence-corrected chi connectivity index (χ1v) is 11.9. The van der Waals surface area contributed by atoms with Crippen LogP contribution in [0.2, 0.25) is 0 Å². The van der Waals surface area contributed by atoms with Crippen LogP contribution in [0.3, 0.4) is 0 Å². The first-order valence-electron chi connectivity index (χ1n) is 11.9. The van der Waals surface area contributed by atoms with Gasteiger partial charge in [-0.05, 0) is 79.1 Å². The molecule has 0 aliphatic carbocycles. The van der Waals surface area contributed by atoms with E-state index in [1.54, 1.807) is 0 Å². The zero-order chi connectivity index (χ0) is 23.3. The first kappa shape index (κ1) is 20.6. The van der Waals surface area contributed by atoms with Gasteiger partial charge in [-0.25, -0.2) is 0 Å². The topological polar surface area (TPSA) is 17.0 Å². The normalized spacial score (nSPS) is 12.0. The molecule has 166 valence electrons. The van der Waals surface area contributed by atoms with Crippen LogP contribution >= 0.6 is 0 Å². The SMILES string of the molecule is CC(C)(C)n1c2ccccc2c2cc(Nc3ccc(-c4cccc5ccccc45)cc3)ccc21. The molecule has 0 bridgehead atoms. The van der Waals surface area contributed by atoms with Gasteiger partial charge < -0.3 is 9.88 Å². The van der Waals surface area contributed by atoms with Crippen molar-refractivity contribution >= 4 is 44.0 Å². The van der Waals surface area contributed by atoms with Gasteiger partial charge in [-0.15, -0.1) is 0 Å². The Hall–Kier alpha value is -4.04. The van der Waals surface area contributed by atoms with Crippen LogP contribution in [0.5, 0.6) is 0 Å². The molecule has 1 heterocycles. The fraction of sp³-hybridized carbons (Fsp3) is 0.125. The van der Waals surface area contributed by atoms with E-state index in [-0.39, 0.29) is 5.54 Å². The quantitative estimate of drug-likeness (QED) is 0.290. The summed E-state index contributed by atoms with van der Waals surface area (Å²) < 4.78 is 2.44. The molecule has 5 aromatic carbocycles. The predicted octanol–water partition coefficient (Wildman–Crippen LogP) is 9.11. The number of benzene rings is 5. The minimum atomic E-state index is 0.00768. The van der Waals surface area contributed by atoms with Crippen LogP contribution in [0.4, 0.5) is 11.4 Å². The van der Waals surface area contributed by atoms with Crippen LogP contribution in [-0.4, -0.2) is 4.57 Å². The second-order valence-electron chi connectivity index (χ2n) is 9.98. The fourth-order valence-corrected chi connectivity index (χ4v) is 5.15. The zero-order valence-corrected chi connectivity index (χ0v) is 19.8. The highest BCUT2D eigenvalue weighted by atomic mass is 15.0. The lowest BCUT2D eigenvalue weighted by Gasteiger charge is -2.24. The minimum absolute atomic E-state index is 0.00768. The molecule has 0 saturated carbocycles. The summed E-state index contributed by atoms with van der Waals surface area (Å²) in [6.07, 6.45) is 0. The molecule has 34 heavy (non-hydrogen) atoms. The van der Waals surface area contributed by atoms with Gasteiger partial charge in [0.25, 0.3) is 0 Å². The second kappa shape index (κ2) is 7.78. The lowest BCUT2D eigenvalue weighted by atomic mass is 9.98. The maximum atomic E-state index is 3.62. The van der Waals surface area contributed by atoms with Crippen molar-refractivity contribution in [2.75, 3.05) is 5.32 Å². The fourth-order valence-electron chi connectivity index (χ4n) is 5.15. The minimum Gasteiger partial charge on any atom is -0.356 e. The molecule has 0 aliphatic heterocycles. The summed E-state index contributed by atoms with van der Waals surface area (Å²) in [5, 5.41) is 8.74. The molecule has 0 amide bonds. The maximum Gasteiger partial charge on any atom is 0.0497 e. The van der Waals surface area contributed by atoms with Gasteiger partial charge in [0.2, 0.25) is 0 Å². The van der Waals surface area contributed by atoms with E-state index >= 15 is 0 Å². The molecule has 0 aliphatic rings. The third-order valence-corrected chi connectivity index (χ3v) is 6.62. The molecule has 0 saturated heterocycles. The number of hydrogen-bond donors (Lipinski definition) is 1. The summed E-state index contributed by atoms with van der Waals surface area (Å²) in [5.74, 6) is 0. The van der Waals surface area contributed by atoms with E-state index in [0.717, 1.165) is 11.4 Å². The van der Waals surface area contributed by atoms with Crippen LogP contribution in [-0.2, 0) is 5.54 Å². The van der Waals surface area contributed by atoms with Crippen LogP contribution in [0, 0.1) is 0 Å². The molecule has 2 heteroatoms. The molecular weight excluding hydrogens is 412 g/mol. The molecular formula is C32H28N2. The summed E-state index contributed by atoms with van der Waals surface area (Å²) >= 11 is 0. The standard InChI is InChI=1S/C32H28N2/c1-32(2,3)34-30-14-7-6-12-28(30)29-21-25(19-20-31(29)34)33-24-17-15-23(16-18-24)27-13-8-10-22-9-4-5-11-26(22)27/h4-21,33H,1-3H3. The van der Waals surface area contributed by atoms with Crippen molar-refractivity contribution in [1.29, 1.82) is 0 Å². The van der Waals surface area contributed by atoms with Crippen LogP contribution in [0.25, 0.3) is 43.7 Å². The van der Waals surface area contributed by atoms with Crippen molar-refractivity contribution in [3.8, 4) is 11.1 Å². The number of nitrogens with zero attached hydrogens (tertiary/aromatic N) is 1. The van der Waals surface area contributed by atoms with E-state index < -0.39 is 0 Å². The van der Waals surface area contributed by atoms with Gasteiger partial charge in [0.05, 0.1) is 0 Å². The Labute approximate surface area is 200 Å². The van der Waals surface area contributed by atoms with E-state index in [0.29, 0.717) is 0 Å². The van der Waals surface area contributed by atoms with Gasteiger partial charge in [0.15, 0.2) is 0 Å². The molecule has 0 fully saturated rings. The highest BCUT2D eigenvalue weighted by molar-refractivity contribution is 6.09. The van der Waals surface area contributed by atoms with Crippen LogP contribution in [0.1, 0.15) is 20.8 Å². The summed E-state index contributed by atoms with van der Waals surface area (Å²) in [6, 6.07) is 39.2. The summed E-state index contributed by atoms with van der Waals surface area (Å²) in [4.78, 5) is 0. The van der Waals surface area contributed by atoms with Gasteiger partial charge in [-0.3, -0.25) is 0 Å². The maximum absolute atomic E-state index is 3.62. The van der Waals surface area contributed by atoms with Crippen molar-refractivity contribution < 1.29 is 0 Å². The molecule has 0 radical (unpaired) electrons. The van der Waals surface area contributed by atoms with E-state index in [9.17, 15) is 0 Å². The van der Waals surface area contributed by atoms with E-state index in [1.165, 1.54) is 43.7 Å². The molecule has 2 nitrogen and oxygen atoms in total. The van der Waals surface area contributed by atoms with Gasteiger partial charge in [-0.1, -0.05) is 72.8 Å². The second-order valence-corrected chi connectivity index (χ2v) is 9.98. The Morgan fingerprint density at radius 3 is 2.00 bits per heavy atom. The van der Waals surface area contributed by atoms with Crippen molar-refractivity contribution in [2.24, 2.45) is 0 Å². The van der Waals surface area contributed by atoms with Gasteiger partial charge in [-0.2, -0.15) is 0 Å². The molecule has 6 aromatic rings. The van der Waals surface area contributed by atoms with E-state index in [4.69, 9.17) is 0 Å². The third-order valence-electron chi connectivity index (χ3n) is 6.62. The summed E-state index contributed by atoms with van der Waals surface area (Å²) in [7, 11) is 0. The average molecular weight is 441 g/mol. The largest absolute Gasteiger partial charge is 0.356 e. The molecule has 0 atom stereocenters. The van der Waals surface area contributed by atoms with Crippen molar-refractivity contribution in [3.05, 3.63) is 109 Å². The Kier molecular flexibility index (Phi) is 4.70. The van der Waals surface area contributed by atoms with Gasteiger partial charge in [0, 0.05) is 38.7 Å². The van der Waals surface area contributed by atoms with Gasteiger partial charge in [0.1, 0.15) is 0 Å². The highest BCUT2D eigenvalue weighted by Crippen LogP contribution is 2.36. The third kappa shape index (κ3) is 3.43. The number of para-hydroxylation sites is 1. The van der Waals surface area contributed by atoms with Gasteiger partial charge >= 0.3 is 0 Å². The number of hydrogen-bond acceptors (Lipinski definition) is 1. The van der Waals surface area contributed by atoms with Crippen LogP contribution < -0.4 is 5.32 Å². The van der Waals surface area contributed by atoms with Crippen molar-refractivity contribution in [3.63, 3.8) is 0 Å². The number of anilines is 2. The predicted molar refractivity (Wildman–Crippen MR) is 147 cm³/mol. The van der Waals surface area contributed by atoms with Crippen molar-refractivity contribution in [2.45, 2.75) is 26.3 Å². The molecule has 0 spiro atoms. The Balaban J connectivity index is 1.36. The molecule has 1 N–H and O–H groups in total. The molecule has 0 unspecified atom stereocenters. The number of rotatable bonds is 3. The first-order chi connectivity index (χ1) is 16.5. The lowest BCUT2D eigenvalue weighted by Crippen LogP contribution is -2.21. The summed E-state index contributed by atoms with van der Waals surface area (Å²) in [5.41, 5.74) is 7.23. The number of fused-ring (bicyclic) bond motifs is 4. The Morgan fingerprint density at radius 1 is 0.559 bits per heavy atom. The zero-order valence-electron chi connectivity index (χ0n) is 19.8.